The Morgan fingerprint density at radius 3 is 2.81 bits per heavy atom. The Balaban J connectivity index is 1.57. The van der Waals surface area contributed by atoms with Crippen molar-refractivity contribution in [1.82, 2.24) is 24.8 Å². The van der Waals surface area contributed by atoms with Crippen LogP contribution in [0.5, 0.6) is 0 Å². The Hall–Kier alpha value is -2.86. The van der Waals surface area contributed by atoms with E-state index in [-0.39, 0.29) is 5.91 Å². The average Bonchev–Trinajstić information content (AvgIpc) is 2.89. The fourth-order valence-corrected chi connectivity index (χ4v) is 3.82. The van der Waals surface area contributed by atoms with Crippen LogP contribution in [0.4, 0.5) is 0 Å². The smallest absolute Gasteiger partial charge is 0.272 e. The summed E-state index contributed by atoms with van der Waals surface area (Å²) in [7, 11) is 2.12. The molecule has 0 aliphatic carbocycles. The number of fused-ring (bicyclic) bond motifs is 1. The molecule has 1 aliphatic rings. The molecule has 1 atom stereocenters. The van der Waals surface area contributed by atoms with Gasteiger partial charge in [0.2, 0.25) is 0 Å². The van der Waals surface area contributed by atoms with Gasteiger partial charge in [-0.1, -0.05) is 24.3 Å². The second-order valence-electron chi connectivity index (χ2n) is 7.17. The summed E-state index contributed by atoms with van der Waals surface area (Å²) >= 11 is 0. The van der Waals surface area contributed by atoms with E-state index in [0.717, 1.165) is 37.0 Å². The maximum Gasteiger partial charge on any atom is 0.272 e. The molecular formula is C21H23N5O. The molecule has 0 radical (unpaired) electrons. The second-order valence-corrected chi connectivity index (χ2v) is 7.17. The van der Waals surface area contributed by atoms with E-state index in [1.54, 1.807) is 12.3 Å². The van der Waals surface area contributed by atoms with Gasteiger partial charge in [-0.05, 0) is 37.1 Å². The van der Waals surface area contributed by atoms with Crippen LogP contribution in [0.15, 0.2) is 55.1 Å². The molecule has 1 fully saturated rings. The lowest BCUT2D eigenvalue weighted by Crippen LogP contribution is -2.37. The van der Waals surface area contributed by atoms with Crippen molar-refractivity contribution in [2.75, 3.05) is 33.2 Å². The minimum atomic E-state index is -0.0197. The molecule has 6 heteroatoms. The van der Waals surface area contributed by atoms with Gasteiger partial charge in [0.05, 0.1) is 5.52 Å². The van der Waals surface area contributed by atoms with Gasteiger partial charge in [0.1, 0.15) is 12.0 Å². The second kappa shape index (κ2) is 7.80. The quantitative estimate of drug-likeness (QED) is 0.716. The zero-order valence-electron chi connectivity index (χ0n) is 15.5. The molecule has 0 spiro atoms. The molecular weight excluding hydrogens is 338 g/mol. The Labute approximate surface area is 158 Å². The maximum atomic E-state index is 12.9. The number of hydrogen-bond acceptors (Lipinski definition) is 5. The lowest BCUT2D eigenvalue weighted by molar-refractivity contribution is 0.0740. The van der Waals surface area contributed by atoms with Crippen LogP contribution in [0.1, 0.15) is 16.1 Å². The number of nitrogens with zero attached hydrogens (tertiary/aromatic N) is 5. The molecule has 27 heavy (non-hydrogen) atoms. The molecule has 1 amide bonds. The lowest BCUT2D eigenvalue weighted by Gasteiger charge is -2.24. The largest absolute Gasteiger partial charge is 0.336 e. The molecule has 3 aromatic rings. The zero-order valence-corrected chi connectivity index (χ0v) is 15.5. The molecule has 6 nitrogen and oxygen atoms in total. The van der Waals surface area contributed by atoms with Crippen LogP contribution in [0.25, 0.3) is 10.9 Å². The van der Waals surface area contributed by atoms with E-state index < -0.39 is 0 Å². The summed E-state index contributed by atoms with van der Waals surface area (Å²) in [5.74, 6) is 0.324. The number of carbonyl (C=O) groups excluding carboxylic acids is 1. The van der Waals surface area contributed by atoms with Crippen LogP contribution in [-0.2, 0) is 6.42 Å². The zero-order chi connectivity index (χ0) is 18.6. The number of carbonyl (C=O) groups is 1. The van der Waals surface area contributed by atoms with Crippen molar-refractivity contribution >= 4 is 16.8 Å². The van der Waals surface area contributed by atoms with E-state index in [4.69, 9.17) is 0 Å². The van der Waals surface area contributed by atoms with E-state index in [9.17, 15) is 4.79 Å². The first-order chi connectivity index (χ1) is 13.2. The van der Waals surface area contributed by atoms with Gasteiger partial charge in [0, 0.05) is 44.0 Å². The van der Waals surface area contributed by atoms with E-state index in [1.165, 1.54) is 11.9 Å². The van der Waals surface area contributed by atoms with Gasteiger partial charge >= 0.3 is 0 Å². The van der Waals surface area contributed by atoms with Gasteiger partial charge in [0.15, 0.2) is 0 Å². The van der Waals surface area contributed by atoms with Crippen molar-refractivity contribution in [2.24, 2.45) is 5.92 Å². The van der Waals surface area contributed by atoms with E-state index >= 15 is 0 Å². The van der Waals surface area contributed by atoms with Crippen molar-refractivity contribution in [2.45, 2.75) is 6.42 Å². The molecule has 3 heterocycles. The Morgan fingerprint density at radius 2 is 1.96 bits per heavy atom. The lowest BCUT2D eigenvalue weighted by atomic mass is 9.96. The maximum absolute atomic E-state index is 12.9. The number of amides is 1. The molecule has 0 N–H and O–H groups in total. The highest BCUT2D eigenvalue weighted by Gasteiger charge is 2.26. The predicted octanol–water partition coefficient (Wildman–Crippen LogP) is 2.27. The standard InChI is InChI=1S/C21H23N5O/c1-25-10-11-26(21(27)19-7-9-22-15-24-19)14-16(13-25)12-18-5-2-4-17-6-3-8-23-20(17)18/h2-9,15-16H,10-14H2,1H3. The van der Waals surface area contributed by atoms with Crippen molar-refractivity contribution in [3.63, 3.8) is 0 Å². The van der Waals surface area contributed by atoms with Crippen LogP contribution in [0, 0.1) is 5.92 Å². The minimum Gasteiger partial charge on any atom is -0.336 e. The van der Waals surface area contributed by atoms with E-state index in [0.29, 0.717) is 18.2 Å². The highest BCUT2D eigenvalue weighted by molar-refractivity contribution is 5.92. The van der Waals surface area contributed by atoms with Gasteiger partial charge in [-0.15, -0.1) is 0 Å². The topological polar surface area (TPSA) is 62.2 Å². The molecule has 0 bridgehead atoms. The SMILES string of the molecule is CN1CCN(C(=O)c2ccncn2)CC(Cc2cccc3cccnc23)C1. The highest BCUT2D eigenvalue weighted by atomic mass is 16.2. The predicted molar refractivity (Wildman–Crippen MR) is 104 cm³/mol. The highest BCUT2D eigenvalue weighted by Crippen LogP contribution is 2.22. The Kier molecular flexibility index (Phi) is 5.07. The number of pyridine rings is 1. The molecule has 4 rings (SSSR count). The third-order valence-electron chi connectivity index (χ3n) is 5.11. The summed E-state index contributed by atoms with van der Waals surface area (Å²) in [6.07, 6.45) is 5.78. The number of para-hydroxylation sites is 1. The number of benzene rings is 1. The van der Waals surface area contributed by atoms with Crippen LogP contribution in [0.2, 0.25) is 0 Å². The fraction of sp³-hybridized carbons (Fsp3) is 0.333. The summed E-state index contributed by atoms with van der Waals surface area (Å²) in [6.45, 7) is 3.25. The first kappa shape index (κ1) is 17.5. The summed E-state index contributed by atoms with van der Waals surface area (Å²) in [5.41, 5.74) is 2.75. The average molecular weight is 361 g/mol. The van der Waals surface area contributed by atoms with Crippen LogP contribution < -0.4 is 0 Å². The van der Waals surface area contributed by atoms with E-state index in [2.05, 4.69) is 51.2 Å². The number of likely N-dealkylation sites (N-methyl/N-ethyl adjacent to an activating group) is 1. The van der Waals surface area contributed by atoms with Gasteiger partial charge < -0.3 is 9.80 Å². The van der Waals surface area contributed by atoms with Gasteiger partial charge in [-0.3, -0.25) is 9.78 Å². The number of hydrogen-bond donors (Lipinski definition) is 0. The summed E-state index contributed by atoms with van der Waals surface area (Å²) in [5, 5.41) is 1.16. The minimum absolute atomic E-state index is 0.0197. The molecule has 2 aromatic heterocycles. The van der Waals surface area contributed by atoms with Crippen molar-refractivity contribution < 1.29 is 4.79 Å². The molecule has 1 aliphatic heterocycles. The summed E-state index contributed by atoms with van der Waals surface area (Å²) < 4.78 is 0. The first-order valence-corrected chi connectivity index (χ1v) is 9.27. The summed E-state index contributed by atoms with van der Waals surface area (Å²) in [6, 6.07) is 12.1. The Morgan fingerprint density at radius 1 is 1.07 bits per heavy atom. The van der Waals surface area contributed by atoms with Crippen molar-refractivity contribution in [3.05, 3.63) is 66.4 Å². The van der Waals surface area contributed by atoms with Crippen LogP contribution in [-0.4, -0.2) is 63.9 Å². The van der Waals surface area contributed by atoms with Gasteiger partial charge in [-0.2, -0.15) is 0 Å². The molecule has 1 unspecified atom stereocenters. The monoisotopic (exact) mass is 361 g/mol. The Bertz CT molecular complexity index is 925. The number of rotatable bonds is 3. The van der Waals surface area contributed by atoms with Crippen molar-refractivity contribution in [3.8, 4) is 0 Å². The van der Waals surface area contributed by atoms with E-state index in [1.807, 2.05) is 17.2 Å². The third kappa shape index (κ3) is 3.95. The molecule has 0 saturated carbocycles. The normalized spacial score (nSPS) is 18.4. The first-order valence-electron chi connectivity index (χ1n) is 9.27. The third-order valence-corrected chi connectivity index (χ3v) is 5.11. The van der Waals surface area contributed by atoms with Crippen molar-refractivity contribution in [1.29, 1.82) is 0 Å². The summed E-state index contributed by atoms with van der Waals surface area (Å²) in [4.78, 5) is 29.7. The van der Waals surface area contributed by atoms with Gasteiger partial charge in [0.25, 0.3) is 5.91 Å². The molecule has 1 aromatic carbocycles. The molecule has 1 saturated heterocycles. The van der Waals surface area contributed by atoms with Crippen LogP contribution in [0.3, 0.4) is 0 Å². The fourth-order valence-electron chi connectivity index (χ4n) is 3.82. The van der Waals surface area contributed by atoms with Crippen LogP contribution >= 0.6 is 0 Å². The molecule has 138 valence electrons. The number of aromatic nitrogens is 3. The van der Waals surface area contributed by atoms with Gasteiger partial charge in [-0.25, -0.2) is 9.97 Å².